The van der Waals surface area contributed by atoms with Gasteiger partial charge in [0.1, 0.15) is 23.0 Å². The molecule has 0 fully saturated rings. The number of halogens is 2. The molecule has 3 rings (SSSR count). The molecule has 0 atom stereocenters. The van der Waals surface area contributed by atoms with Crippen molar-refractivity contribution in [1.29, 1.82) is 0 Å². The predicted molar refractivity (Wildman–Crippen MR) is 104 cm³/mol. The van der Waals surface area contributed by atoms with Gasteiger partial charge in [0.15, 0.2) is 0 Å². The molecule has 0 aliphatic heterocycles. The van der Waals surface area contributed by atoms with E-state index in [1.165, 1.54) is 36.4 Å². The predicted octanol–water partition coefficient (Wildman–Crippen LogP) is 3.26. The van der Waals surface area contributed by atoms with Crippen LogP contribution in [0.3, 0.4) is 0 Å². The Morgan fingerprint density at radius 3 is 1.83 bits per heavy atom. The van der Waals surface area contributed by atoms with Crippen LogP contribution in [0.5, 0.6) is 0 Å². The van der Waals surface area contributed by atoms with Gasteiger partial charge in [0, 0.05) is 13.1 Å². The second-order valence-electron chi connectivity index (χ2n) is 6.35. The topological polar surface area (TPSA) is 71.1 Å². The van der Waals surface area contributed by atoms with Gasteiger partial charge in [0.2, 0.25) is 0 Å². The summed E-state index contributed by atoms with van der Waals surface area (Å²) in [5, 5.41) is 5.41. The van der Waals surface area contributed by atoms with E-state index in [4.69, 9.17) is 0 Å². The lowest BCUT2D eigenvalue weighted by atomic mass is 10.1. The smallest absolute Gasteiger partial charge is 0.270 e. The van der Waals surface area contributed by atoms with Crippen LogP contribution in [-0.4, -0.2) is 23.3 Å². The van der Waals surface area contributed by atoms with E-state index in [1.54, 1.807) is 30.3 Å². The van der Waals surface area contributed by atoms with Gasteiger partial charge < -0.3 is 10.6 Å². The van der Waals surface area contributed by atoms with Crippen LogP contribution in [0.25, 0.3) is 0 Å². The van der Waals surface area contributed by atoms with Crippen molar-refractivity contribution in [2.24, 2.45) is 0 Å². The minimum atomic E-state index is -0.435. The number of amides is 2. The maximum absolute atomic E-state index is 12.9. The number of carbonyl (C=O) groups excluding carboxylic acids is 2. The van der Waals surface area contributed by atoms with E-state index >= 15 is 0 Å². The van der Waals surface area contributed by atoms with Crippen molar-refractivity contribution in [3.63, 3.8) is 0 Å². The third kappa shape index (κ3) is 5.93. The Morgan fingerprint density at radius 2 is 1.24 bits per heavy atom. The van der Waals surface area contributed by atoms with E-state index in [0.717, 1.165) is 11.1 Å². The van der Waals surface area contributed by atoms with Crippen LogP contribution in [0, 0.1) is 11.6 Å². The number of hydrogen-bond acceptors (Lipinski definition) is 3. The van der Waals surface area contributed by atoms with Crippen LogP contribution in [0.15, 0.2) is 66.7 Å². The summed E-state index contributed by atoms with van der Waals surface area (Å²) in [4.78, 5) is 28.7. The quantitative estimate of drug-likeness (QED) is 0.645. The first-order valence-corrected chi connectivity index (χ1v) is 9.03. The zero-order chi connectivity index (χ0) is 20.6. The molecule has 0 aliphatic carbocycles. The van der Waals surface area contributed by atoms with Gasteiger partial charge in [-0.1, -0.05) is 30.3 Å². The van der Waals surface area contributed by atoms with Crippen molar-refractivity contribution in [2.75, 3.05) is 6.54 Å². The Labute approximate surface area is 166 Å². The standard InChI is InChI=1S/C22H19F2N3O2/c23-17-8-4-15(5-9-17)12-13-25-21(28)19-2-1-3-20(27-19)22(29)26-14-16-6-10-18(24)11-7-16/h1-11H,12-14H2,(H,25,28)(H,26,29). The average Bonchev–Trinajstić information content (AvgIpc) is 2.74. The summed E-state index contributed by atoms with van der Waals surface area (Å²) in [6.07, 6.45) is 0.546. The lowest BCUT2D eigenvalue weighted by Crippen LogP contribution is -2.28. The molecule has 1 heterocycles. The molecule has 0 bridgehead atoms. The van der Waals surface area contributed by atoms with Crippen LogP contribution in [-0.2, 0) is 13.0 Å². The summed E-state index contributed by atoms with van der Waals surface area (Å²) in [5.41, 5.74) is 1.87. The molecule has 148 valence electrons. The lowest BCUT2D eigenvalue weighted by Gasteiger charge is -2.08. The summed E-state index contributed by atoms with van der Waals surface area (Å²) < 4.78 is 25.8. The first-order valence-electron chi connectivity index (χ1n) is 9.03. The van der Waals surface area contributed by atoms with Crippen molar-refractivity contribution in [3.05, 3.63) is 101 Å². The summed E-state index contributed by atoms with van der Waals surface area (Å²) in [6.45, 7) is 0.571. The molecule has 2 amide bonds. The molecule has 3 aromatic rings. The Kier molecular flexibility index (Phi) is 6.63. The monoisotopic (exact) mass is 395 g/mol. The van der Waals surface area contributed by atoms with Crippen LogP contribution in [0.2, 0.25) is 0 Å². The molecular formula is C22H19F2N3O2. The lowest BCUT2D eigenvalue weighted by molar-refractivity contribution is 0.0943. The van der Waals surface area contributed by atoms with Gasteiger partial charge in [-0.25, -0.2) is 13.8 Å². The fourth-order valence-corrected chi connectivity index (χ4v) is 2.62. The van der Waals surface area contributed by atoms with Gasteiger partial charge in [-0.2, -0.15) is 0 Å². The number of rotatable bonds is 7. The van der Waals surface area contributed by atoms with Gasteiger partial charge in [-0.3, -0.25) is 9.59 Å². The molecule has 0 aliphatic rings. The summed E-state index contributed by atoms with van der Waals surface area (Å²) >= 11 is 0. The highest BCUT2D eigenvalue weighted by Gasteiger charge is 2.12. The molecule has 1 aromatic heterocycles. The maximum atomic E-state index is 12.9. The molecule has 2 aromatic carbocycles. The second kappa shape index (κ2) is 9.54. The van der Waals surface area contributed by atoms with Gasteiger partial charge in [-0.15, -0.1) is 0 Å². The summed E-state index contributed by atoms with van der Waals surface area (Å²) in [6, 6.07) is 16.4. The third-order valence-electron chi connectivity index (χ3n) is 4.19. The number of nitrogens with one attached hydrogen (secondary N) is 2. The largest absolute Gasteiger partial charge is 0.350 e. The van der Waals surface area contributed by atoms with E-state index in [9.17, 15) is 18.4 Å². The highest BCUT2D eigenvalue weighted by atomic mass is 19.1. The Bertz CT molecular complexity index is 990. The van der Waals surface area contributed by atoms with E-state index in [0.29, 0.717) is 13.0 Å². The van der Waals surface area contributed by atoms with Crippen molar-refractivity contribution >= 4 is 11.8 Å². The van der Waals surface area contributed by atoms with Gasteiger partial charge in [0.05, 0.1) is 0 Å². The minimum absolute atomic E-state index is 0.110. The van der Waals surface area contributed by atoms with Crippen LogP contribution in [0.1, 0.15) is 32.1 Å². The number of aromatic nitrogens is 1. The third-order valence-corrected chi connectivity index (χ3v) is 4.19. The molecule has 29 heavy (non-hydrogen) atoms. The van der Waals surface area contributed by atoms with Crippen LogP contribution < -0.4 is 10.6 Å². The average molecular weight is 395 g/mol. The SMILES string of the molecule is O=C(NCCc1ccc(F)cc1)c1cccc(C(=O)NCc2ccc(F)cc2)n1. The van der Waals surface area contributed by atoms with Crippen molar-refractivity contribution in [2.45, 2.75) is 13.0 Å². The fraction of sp³-hybridized carbons (Fsp3) is 0.136. The summed E-state index contributed by atoms with van der Waals surface area (Å²) in [5.74, 6) is -1.49. The zero-order valence-electron chi connectivity index (χ0n) is 15.5. The van der Waals surface area contributed by atoms with Crippen LogP contribution in [0.4, 0.5) is 8.78 Å². The second-order valence-corrected chi connectivity index (χ2v) is 6.35. The highest BCUT2D eigenvalue weighted by Crippen LogP contribution is 2.05. The summed E-state index contributed by atoms with van der Waals surface area (Å²) in [7, 11) is 0. The number of hydrogen-bond donors (Lipinski definition) is 2. The van der Waals surface area contributed by atoms with Crippen molar-refractivity contribution in [3.8, 4) is 0 Å². The highest BCUT2D eigenvalue weighted by molar-refractivity contribution is 5.96. The molecule has 0 unspecified atom stereocenters. The van der Waals surface area contributed by atoms with Crippen LogP contribution >= 0.6 is 0 Å². The van der Waals surface area contributed by atoms with Crippen molar-refractivity contribution in [1.82, 2.24) is 15.6 Å². The Hall–Kier alpha value is -3.61. The first kappa shape index (κ1) is 20.1. The van der Waals surface area contributed by atoms with E-state index in [1.807, 2.05) is 0 Å². The van der Waals surface area contributed by atoms with E-state index < -0.39 is 11.8 Å². The van der Waals surface area contributed by atoms with Gasteiger partial charge in [0.25, 0.3) is 11.8 Å². The molecule has 5 nitrogen and oxygen atoms in total. The number of benzene rings is 2. The molecule has 0 saturated carbocycles. The normalized spacial score (nSPS) is 10.4. The van der Waals surface area contributed by atoms with E-state index in [-0.39, 0.29) is 29.6 Å². The van der Waals surface area contributed by atoms with Gasteiger partial charge >= 0.3 is 0 Å². The molecular weight excluding hydrogens is 376 g/mol. The molecule has 0 radical (unpaired) electrons. The maximum Gasteiger partial charge on any atom is 0.270 e. The fourth-order valence-electron chi connectivity index (χ4n) is 2.62. The van der Waals surface area contributed by atoms with E-state index in [2.05, 4.69) is 15.6 Å². The molecule has 0 spiro atoms. The number of nitrogens with zero attached hydrogens (tertiary/aromatic N) is 1. The molecule has 7 heteroatoms. The van der Waals surface area contributed by atoms with Gasteiger partial charge in [-0.05, 0) is 53.9 Å². The minimum Gasteiger partial charge on any atom is -0.350 e. The zero-order valence-corrected chi connectivity index (χ0v) is 15.5. The Morgan fingerprint density at radius 1 is 0.724 bits per heavy atom. The number of pyridine rings is 1. The molecule has 2 N–H and O–H groups in total. The number of carbonyl (C=O) groups is 2. The van der Waals surface area contributed by atoms with Crippen molar-refractivity contribution < 1.29 is 18.4 Å². The first-order chi connectivity index (χ1) is 14.0. The Balaban J connectivity index is 1.53. The molecule has 0 saturated heterocycles.